The van der Waals surface area contributed by atoms with Crippen molar-refractivity contribution in [3.63, 3.8) is 0 Å². The predicted octanol–water partition coefficient (Wildman–Crippen LogP) is 6.49. The van der Waals surface area contributed by atoms with Crippen molar-refractivity contribution in [1.29, 1.82) is 0 Å². The topological polar surface area (TPSA) is 88.3 Å². The summed E-state index contributed by atoms with van der Waals surface area (Å²) in [7, 11) is 30.8. The van der Waals surface area contributed by atoms with Crippen molar-refractivity contribution < 1.29 is 17.3 Å². The second kappa shape index (κ2) is 20.0. The molecule has 0 saturated carbocycles. The van der Waals surface area contributed by atoms with Crippen LogP contribution in [0.15, 0.2) is 18.1 Å². The normalized spacial score (nSPS) is 14.6. The highest BCUT2D eigenvalue weighted by atomic mass is 31.3. The van der Waals surface area contributed by atoms with Crippen molar-refractivity contribution in [2.75, 3.05) is 169 Å². The third-order valence-electron chi connectivity index (χ3n) is 7.40. The van der Waals surface area contributed by atoms with Gasteiger partial charge in [-0.15, -0.1) is 0 Å². The molecule has 0 aromatic carbocycles. The van der Waals surface area contributed by atoms with E-state index in [0.717, 1.165) is 0 Å². The van der Waals surface area contributed by atoms with Crippen LogP contribution in [0.3, 0.4) is 0 Å². The second-order valence-electron chi connectivity index (χ2n) is 13.7. The molecule has 0 heterocycles. The summed E-state index contributed by atoms with van der Waals surface area (Å²) in [4.78, 5) is 0. The van der Waals surface area contributed by atoms with Gasteiger partial charge >= 0.3 is 15.1 Å². The van der Waals surface area contributed by atoms with Crippen LogP contribution in [0, 0.1) is 0 Å². The average Bonchev–Trinajstić information content (AvgIpc) is 2.88. The van der Waals surface area contributed by atoms with Gasteiger partial charge in [0.15, 0.2) is 0 Å². The summed E-state index contributed by atoms with van der Waals surface area (Å²) < 4.78 is 90.2. The third-order valence-corrected chi connectivity index (χ3v) is 28.0. The Morgan fingerprint density at radius 3 is 0.420 bits per heavy atom. The maximum Gasteiger partial charge on any atom is 0.673 e. The molecule has 0 aromatic heterocycles. The number of rotatable bonds is 16. The van der Waals surface area contributed by atoms with Crippen molar-refractivity contribution in [2.45, 2.75) is 0 Å². The van der Waals surface area contributed by atoms with E-state index in [0.29, 0.717) is 0 Å². The lowest BCUT2D eigenvalue weighted by Gasteiger charge is -2.44. The Labute approximate surface area is 305 Å². The van der Waals surface area contributed by atoms with E-state index in [-0.39, 0.29) is 0 Å². The summed E-state index contributed by atoms with van der Waals surface area (Å²) in [6.45, 7) is 0. The van der Waals surface area contributed by atoms with Gasteiger partial charge in [-0.2, -0.15) is 0 Å². The Kier molecular flexibility index (Phi) is 21.1. The Bertz CT molecular complexity index is 984. The van der Waals surface area contributed by atoms with E-state index in [1.165, 1.54) is 0 Å². The molecule has 0 radical (unpaired) electrons. The highest BCUT2D eigenvalue weighted by molar-refractivity contribution is 7.87. The van der Waals surface area contributed by atoms with Crippen LogP contribution in [0.5, 0.6) is 0 Å². The molecule has 0 aliphatic carbocycles. The Balaban J connectivity index is 0. The summed E-state index contributed by atoms with van der Waals surface area (Å²) in [5.74, 6) is 0. The van der Waals surface area contributed by atoms with E-state index in [2.05, 4.69) is 225 Å². The van der Waals surface area contributed by atoms with Gasteiger partial charge in [0.05, 0.1) is 0 Å². The van der Waals surface area contributed by atoms with E-state index in [1.54, 1.807) is 0 Å². The lowest BCUT2D eigenvalue weighted by molar-refractivity contribution is 0.368. The lowest BCUT2D eigenvalue weighted by atomic mass is 10.3. The molecule has 0 bridgehead atoms. The monoisotopic (exact) mass is 826 g/mol. The highest BCUT2D eigenvalue weighted by Crippen LogP contribution is 2.86. The molecule has 0 aromatic rings. The molecule has 0 spiro atoms. The quantitative estimate of drug-likeness (QED) is 0.0970. The fourth-order valence-electron chi connectivity index (χ4n) is 6.00. The van der Waals surface area contributed by atoms with Crippen molar-refractivity contribution >= 4 is 45.1 Å². The van der Waals surface area contributed by atoms with Crippen LogP contribution in [0.25, 0.3) is 0 Å². The largest absolute Gasteiger partial charge is 0.673 e. The van der Waals surface area contributed by atoms with E-state index in [4.69, 9.17) is 18.1 Å². The molecule has 0 saturated heterocycles. The van der Waals surface area contributed by atoms with Crippen molar-refractivity contribution in [3.8, 4) is 0 Å². The molecule has 0 aliphatic rings. The summed E-state index contributed by atoms with van der Waals surface area (Å²) in [6.07, 6.45) is 0. The molecule has 0 rings (SSSR count). The molecule has 304 valence electrons. The van der Waals surface area contributed by atoms with Crippen molar-refractivity contribution in [1.82, 2.24) is 56.0 Å². The molecule has 0 amide bonds. The lowest BCUT2D eigenvalue weighted by Crippen LogP contribution is -2.33. The summed E-state index contributed by atoms with van der Waals surface area (Å²) in [5, 5.41) is 0. The van der Waals surface area contributed by atoms with E-state index in [1.807, 2.05) is 0 Å². The first-order valence-corrected chi connectivity index (χ1v) is 23.6. The van der Waals surface area contributed by atoms with Gasteiger partial charge in [0, 0.05) is 0 Å². The van der Waals surface area contributed by atoms with Crippen LogP contribution in [-0.2, 0) is 0 Å². The zero-order valence-corrected chi connectivity index (χ0v) is 40.0. The summed E-state index contributed by atoms with van der Waals surface area (Å²) in [6, 6.07) is 0. The molecule has 0 aliphatic heterocycles. The van der Waals surface area contributed by atoms with Crippen LogP contribution in [0.4, 0.5) is 17.3 Å². The molecule has 16 nitrogen and oxygen atoms in total. The molecule has 0 unspecified atom stereocenters. The fraction of sp³-hybridized carbons (Fsp3) is 1.00. The van der Waals surface area contributed by atoms with E-state index < -0.39 is 45.1 Å². The first-order chi connectivity index (χ1) is 22.1. The standard InChI is InChI=1S/C24H72N16P5.BF4/c1-29(2)42(30(3)4,31(5)6)25-41(26-43(32(7)8,33(9)10)34(11)12,27-44(35(13)14,36(15)16)37(17)18)28-45(38(19)20,39(21)22)40(23)24;2-1(3,4)5/h1-24H3;/q+1;-1. The second-order valence-corrected chi connectivity index (χ2v) is 31.5. The molecule has 0 atom stereocenters. The smallest absolute Gasteiger partial charge is 0.418 e. The maximum absolute atomic E-state index is 9.75. The zero-order valence-electron chi connectivity index (χ0n) is 35.5. The highest BCUT2D eigenvalue weighted by Gasteiger charge is 2.56. The van der Waals surface area contributed by atoms with Gasteiger partial charge in [0.2, 0.25) is 30.0 Å². The molecule has 0 fully saturated rings. The van der Waals surface area contributed by atoms with Gasteiger partial charge in [-0.3, -0.25) is 0 Å². The number of hydrogen-bond acceptors (Lipinski definition) is 4. The molecular formula is C24H72BF4N16P5. The molecule has 0 N–H and O–H groups in total. The van der Waals surface area contributed by atoms with Crippen molar-refractivity contribution in [3.05, 3.63) is 0 Å². The minimum absolute atomic E-state index is 2.11. The van der Waals surface area contributed by atoms with Gasteiger partial charge in [0.1, 0.15) is 0 Å². The Morgan fingerprint density at radius 2 is 0.360 bits per heavy atom. The Morgan fingerprint density at radius 1 is 0.280 bits per heavy atom. The van der Waals surface area contributed by atoms with Gasteiger partial charge in [0.25, 0.3) is 0 Å². The fourth-order valence-corrected chi connectivity index (χ4v) is 30.2. The minimum atomic E-state index is -6.00. The maximum atomic E-state index is 9.75. The van der Waals surface area contributed by atoms with Crippen LogP contribution in [0.1, 0.15) is 0 Å². The van der Waals surface area contributed by atoms with Crippen LogP contribution in [0.2, 0.25) is 0 Å². The average molecular weight is 827 g/mol. The SMILES string of the molecule is CN(C)P(=N[P+](N=P(N(C)C)(N(C)C)N(C)C)(N=P(N(C)C)(N(C)C)N(C)C)N=P(N(C)C)(N(C)C)N(C)C)(N(C)C)N(C)C.F[B-](F)(F)F. The minimum Gasteiger partial charge on any atom is -0.418 e. The first kappa shape index (κ1) is 52.8. The van der Waals surface area contributed by atoms with E-state index >= 15 is 0 Å². The number of hydrogen-bond donors (Lipinski definition) is 0. The first-order valence-electron chi connectivity index (χ1n) is 15.6. The third kappa shape index (κ3) is 11.8. The van der Waals surface area contributed by atoms with Gasteiger partial charge in [-0.05, 0) is 187 Å². The van der Waals surface area contributed by atoms with E-state index in [9.17, 15) is 17.3 Å². The summed E-state index contributed by atoms with van der Waals surface area (Å²) >= 11 is 0. The van der Waals surface area contributed by atoms with Crippen LogP contribution in [-0.4, -0.2) is 232 Å². The summed E-state index contributed by atoms with van der Waals surface area (Å²) in [5.41, 5.74) is 0. The van der Waals surface area contributed by atoms with Gasteiger partial charge < -0.3 is 17.3 Å². The molecular weight excluding hydrogens is 754 g/mol. The molecule has 50 heavy (non-hydrogen) atoms. The number of halogens is 4. The van der Waals surface area contributed by atoms with Crippen molar-refractivity contribution in [2.24, 2.45) is 18.1 Å². The van der Waals surface area contributed by atoms with Gasteiger partial charge in [-0.1, -0.05) is 0 Å². The number of nitrogens with zero attached hydrogens (tertiary/aromatic N) is 16. The van der Waals surface area contributed by atoms with Crippen LogP contribution >= 0.6 is 37.9 Å². The van der Waals surface area contributed by atoms with Gasteiger partial charge in [-0.25, -0.2) is 56.0 Å². The Hall–Kier alpha value is 0.655. The zero-order chi connectivity index (χ0) is 40.8. The predicted molar refractivity (Wildman–Crippen MR) is 219 cm³/mol. The van der Waals surface area contributed by atoms with Crippen LogP contribution < -0.4 is 0 Å². The molecule has 26 heteroatoms.